The zero-order valence-electron chi connectivity index (χ0n) is 8.19. The molecular weight excluding hydrogens is 232 g/mol. The Morgan fingerprint density at radius 2 is 2.07 bits per heavy atom. The highest BCUT2D eigenvalue weighted by Gasteiger charge is 1.96. The third kappa shape index (κ3) is 4.95. The summed E-state index contributed by atoms with van der Waals surface area (Å²) < 4.78 is 0. The van der Waals surface area contributed by atoms with Crippen LogP contribution in [0.2, 0.25) is 5.02 Å². The Bertz CT molecular complexity index is 327. The van der Waals surface area contributed by atoms with E-state index in [-0.39, 0.29) is 5.84 Å². The second-order valence-corrected chi connectivity index (χ2v) is 4.56. The van der Waals surface area contributed by atoms with E-state index in [0.29, 0.717) is 6.42 Å². The van der Waals surface area contributed by atoms with Crippen molar-refractivity contribution in [3.63, 3.8) is 0 Å². The summed E-state index contributed by atoms with van der Waals surface area (Å²) in [6, 6.07) is 7.75. The highest BCUT2D eigenvalue weighted by molar-refractivity contribution is 7.98. The first kappa shape index (κ1) is 12.2. The average Bonchev–Trinajstić information content (AvgIpc) is 2.26. The van der Waals surface area contributed by atoms with E-state index in [1.54, 1.807) is 11.8 Å². The Morgan fingerprint density at radius 3 is 2.67 bits per heavy atom. The molecule has 0 radical (unpaired) electrons. The van der Waals surface area contributed by atoms with Gasteiger partial charge in [-0.15, -0.1) is 0 Å². The summed E-state index contributed by atoms with van der Waals surface area (Å²) in [4.78, 5) is 0. The molecule has 82 valence electrons. The molecule has 0 aliphatic rings. The lowest BCUT2D eigenvalue weighted by molar-refractivity contribution is 0.317. The third-order valence-electron chi connectivity index (χ3n) is 1.81. The van der Waals surface area contributed by atoms with Crippen molar-refractivity contribution in [2.45, 2.75) is 12.2 Å². The van der Waals surface area contributed by atoms with Crippen LogP contribution in [-0.2, 0) is 5.75 Å². The second-order valence-electron chi connectivity index (χ2n) is 3.02. The highest BCUT2D eigenvalue weighted by Crippen LogP contribution is 2.15. The van der Waals surface area contributed by atoms with Crippen LogP contribution < -0.4 is 5.73 Å². The minimum atomic E-state index is 0.276. The van der Waals surface area contributed by atoms with E-state index in [0.717, 1.165) is 16.5 Å². The van der Waals surface area contributed by atoms with Crippen LogP contribution in [0.1, 0.15) is 12.0 Å². The Morgan fingerprint density at radius 1 is 1.40 bits per heavy atom. The minimum Gasteiger partial charge on any atom is -0.409 e. The van der Waals surface area contributed by atoms with Gasteiger partial charge in [-0.1, -0.05) is 28.9 Å². The van der Waals surface area contributed by atoms with Crippen molar-refractivity contribution in [3.8, 4) is 0 Å². The van der Waals surface area contributed by atoms with Gasteiger partial charge in [0.25, 0.3) is 0 Å². The molecule has 0 aliphatic heterocycles. The molecule has 1 rings (SSSR count). The number of hydrogen-bond acceptors (Lipinski definition) is 3. The van der Waals surface area contributed by atoms with Crippen LogP contribution in [0.5, 0.6) is 0 Å². The van der Waals surface area contributed by atoms with Crippen LogP contribution in [0.25, 0.3) is 0 Å². The Hall–Kier alpha value is -0.870. The first-order chi connectivity index (χ1) is 7.22. The summed E-state index contributed by atoms with van der Waals surface area (Å²) in [6.07, 6.45) is 0.606. The number of hydrogen-bond donors (Lipinski definition) is 2. The van der Waals surface area contributed by atoms with E-state index in [9.17, 15) is 0 Å². The van der Waals surface area contributed by atoms with Gasteiger partial charge in [0.05, 0.1) is 0 Å². The maximum Gasteiger partial charge on any atom is 0.139 e. The van der Waals surface area contributed by atoms with Crippen molar-refractivity contribution in [2.24, 2.45) is 10.9 Å². The van der Waals surface area contributed by atoms with Crippen molar-refractivity contribution >= 4 is 29.2 Å². The van der Waals surface area contributed by atoms with Crippen molar-refractivity contribution in [3.05, 3.63) is 34.9 Å². The Labute approximate surface area is 98.3 Å². The van der Waals surface area contributed by atoms with Crippen LogP contribution in [0.15, 0.2) is 29.4 Å². The standard InChI is InChI=1S/C10H13ClN2OS/c11-9-3-1-8(2-4-9)7-15-6-5-10(12)13-14/h1-4,14H,5-7H2,(H2,12,13). The maximum atomic E-state index is 8.32. The van der Waals surface area contributed by atoms with Gasteiger partial charge in [-0.2, -0.15) is 11.8 Å². The van der Waals surface area contributed by atoms with E-state index in [2.05, 4.69) is 5.16 Å². The lowest BCUT2D eigenvalue weighted by Gasteiger charge is -2.01. The van der Waals surface area contributed by atoms with Gasteiger partial charge in [0.2, 0.25) is 0 Å². The number of benzene rings is 1. The summed E-state index contributed by atoms with van der Waals surface area (Å²) in [5, 5.41) is 12.0. The van der Waals surface area contributed by atoms with Crippen LogP contribution in [-0.4, -0.2) is 16.8 Å². The van der Waals surface area contributed by atoms with Gasteiger partial charge in [-0.25, -0.2) is 0 Å². The van der Waals surface area contributed by atoms with Crippen molar-refractivity contribution in [1.82, 2.24) is 0 Å². The zero-order chi connectivity index (χ0) is 11.1. The maximum absolute atomic E-state index is 8.32. The van der Waals surface area contributed by atoms with Crippen LogP contribution in [0, 0.1) is 0 Å². The summed E-state index contributed by atoms with van der Waals surface area (Å²) in [5.74, 6) is 2.03. The topological polar surface area (TPSA) is 58.6 Å². The number of oxime groups is 1. The summed E-state index contributed by atoms with van der Waals surface area (Å²) in [7, 11) is 0. The number of nitrogens with two attached hydrogens (primary N) is 1. The van der Waals surface area contributed by atoms with E-state index in [4.69, 9.17) is 22.5 Å². The lowest BCUT2D eigenvalue weighted by atomic mass is 10.2. The molecule has 1 aromatic carbocycles. The molecule has 0 bridgehead atoms. The van der Waals surface area contributed by atoms with Crippen LogP contribution in [0.4, 0.5) is 0 Å². The second kappa shape index (κ2) is 6.58. The molecule has 0 aromatic heterocycles. The van der Waals surface area contributed by atoms with Gasteiger partial charge >= 0.3 is 0 Å². The molecule has 0 amide bonds. The predicted octanol–water partition coefficient (Wildman–Crippen LogP) is 2.71. The quantitative estimate of drug-likeness (QED) is 0.275. The van der Waals surface area contributed by atoms with E-state index in [1.165, 1.54) is 5.56 Å². The zero-order valence-corrected chi connectivity index (χ0v) is 9.76. The first-order valence-electron chi connectivity index (χ1n) is 4.51. The van der Waals surface area contributed by atoms with E-state index < -0.39 is 0 Å². The summed E-state index contributed by atoms with van der Waals surface area (Å²) >= 11 is 7.51. The number of rotatable bonds is 5. The average molecular weight is 245 g/mol. The summed E-state index contributed by atoms with van der Waals surface area (Å²) in [5.41, 5.74) is 6.57. The normalized spacial score (nSPS) is 11.7. The molecule has 0 saturated heterocycles. The fourth-order valence-corrected chi connectivity index (χ4v) is 2.05. The third-order valence-corrected chi connectivity index (χ3v) is 3.10. The SMILES string of the molecule is N/C(CCSCc1ccc(Cl)cc1)=N/O. The van der Waals surface area contributed by atoms with Crippen molar-refractivity contribution in [1.29, 1.82) is 0 Å². The molecule has 0 fully saturated rings. The predicted molar refractivity (Wildman–Crippen MR) is 65.6 cm³/mol. The van der Waals surface area contributed by atoms with E-state index in [1.807, 2.05) is 24.3 Å². The van der Waals surface area contributed by atoms with Gasteiger partial charge in [0.1, 0.15) is 5.84 Å². The van der Waals surface area contributed by atoms with Gasteiger partial charge in [0, 0.05) is 22.9 Å². The number of halogens is 1. The highest BCUT2D eigenvalue weighted by atomic mass is 35.5. The fourth-order valence-electron chi connectivity index (χ4n) is 0.997. The molecule has 0 heterocycles. The van der Waals surface area contributed by atoms with Gasteiger partial charge in [0.15, 0.2) is 0 Å². The van der Waals surface area contributed by atoms with Crippen molar-refractivity contribution in [2.75, 3.05) is 5.75 Å². The van der Waals surface area contributed by atoms with E-state index >= 15 is 0 Å². The molecule has 3 nitrogen and oxygen atoms in total. The number of nitrogens with zero attached hydrogens (tertiary/aromatic N) is 1. The smallest absolute Gasteiger partial charge is 0.139 e. The molecule has 0 unspecified atom stereocenters. The van der Waals surface area contributed by atoms with Gasteiger partial charge < -0.3 is 10.9 Å². The van der Waals surface area contributed by atoms with Crippen molar-refractivity contribution < 1.29 is 5.21 Å². The summed E-state index contributed by atoms with van der Waals surface area (Å²) in [6.45, 7) is 0. The molecule has 1 aromatic rings. The lowest BCUT2D eigenvalue weighted by Crippen LogP contribution is -2.12. The molecule has 5 heteroatoms. The first-order valence-corrected chi connectivity index (χ1v) is 6.04. The largest absolute Gasteiger partial charge is 0.409 e. The molecular formula is C10H13ClN2OS. The van der Waals surface area contributed by atoms with Crippen LogP contribution in [0.3, 0.4) is 0 Å². The molecule has 0 aliphatic carbocycles. The number of amidine groups is 1. The Kier molecular flexibility index (Phi) is 5.36. The molecule has 0 atom stereocenters. The van der Waals surface area contributed by atoms with Crippen LogP contribution >= 0.6 is 23.4 Å². The Balaban J connectivity index is 2.23. The van der Waals surface area contributed by atoms with Gasteiger partial charge in [-0.05, 0) is 17.7 Å². The molecule has 0 saturated carbocycles. The molecule has 15 heavy (non-hydrogen) atoms. The molecule has 0 spiro atoms. The monoisotopic (exact) mass is 244 g/mol. The van der Waals surface area contributed by atoms with Gasteiger partial charge in [-0.3, -0.25) is 0 Å². The number of thioether (sulfide) groups is 1. The fraction of sp³-hybridized carbons (Fsp3) is 0.300. The minimum absolute atomic E-state index is 0.276. The molecule has 3 N–H and O–H groups in total.